The number of halogens is 4. The second-order valence-corrected chi connectivity index (χ2v) is 5.45. The molecule has 1 aromatic rings. The van der Waals surface area contributed by atoms with E-state index >= 15 is 0 Å². The van der Waals surface area contributed by atoms with Gasteiger partial charge in [0.25, 0.3) is 0 Å². The maximum atomic E-state index is 12.0. The van der Waals surface area contributed by atoms with Gasteiger partial charge in [-0.15, -0.1) is 0 Å². The third kappa shape index (κ3) is 5.15. The predicted molar refractivity (Wildman–Crippen MR) is 75.6 cm³/mol. The van der Waals surface area contributed by atoms with Gasteiger partial charge < -0.3 is 15.4 Å². The molecular formula is C14H16ClF3N2O2. The molecule has 0 aliphatic carbocycles. The molecule has 0 saturated carbocycles. The van der Waals surface area contributed by atoms with E-state index in [-0.39, 0.29) is 18.7 Å². The summed E-state index contributed by atoms with van der Waals surface area (Å²) in [5, 5.41) is 5.38. The van der Waals surface area contributed by atoms with Crippen LogP contribution in [0.1, 0.15) is 18.1 Å². The molecule has 22 heavy (non-hydrogen) atoms. The van der Waals surface area contributed by atoms with Gasteiger partial charge in [-0.25, -0.2) is 0 Å². The van der Waals surface area contributed by atoms with Crippen LogP contribution in [0.25, 0.3) is 0 Å². The molecule has 0 aromatic heterocycles. The summed E-state index contributed by atoms with van der Waals surface area (Å²) in [7, 11) is 0. The van der Waals surface area contributed by atoms with Gasteiger partial charge in [-0.1, -0.05) is 23.7 Å². The highest BCUT2D eigenvalue weighted by atomic mass is 35.5. The first-order valence-corrected chi connectivity index (χ1v) is 7.17. The number of hydrogen-bond donors (Lipinski definition) is 2. The molecule has 0 radical (unpaired) electrons. The number of nitrogens with one attached hydrogen (secondary N) is 2. The minimum atomic E-state index is -4.40. The molecule has 1 aliphatic heterocycles. The van der Waals surface area contributed by atoms with E-state index in [1.165, 1.54) is 0 Å². The van der Waals surface area contributed by atoms with Crippen LogP contribution in [0.15, 0.2) is 24.3 Å². The summed E-state index contributed by atoms with van der Waals surface area (Å²) in [6, 6.07) is 7.02. The smallest absolute Gasteiger partial charge is 0.372 e. The molecule has 1 aliphatic rings. The largest absolute Gasteiger partial charge is 0.405 e. The van der Waals surface area contributed by atoms with Crippen molar-refractivity contribution in [1.29, 1.82) is 0 Å². The number of carbonyl (C=O) groups excluding carboxylic acids is 1. The Bertz CT molecular complexity index is 508. The summed E-state index contributed by atoms with van der Waals surface area (Å²) >= 11 is 5.83. The van der Waals surface area contributed by atoms with Crippen molar-refractivity contribution in [2.24, 2.45) is 0 Å². The van der Waals surface area contributed by atoms with Gasteiger partial charge in [0.15, 0.2) is 0 Å². The molecule has 1 heterocycles. The first-order valence-electron chi connectivity index (χ1n) is 6.79. The second-order valence-electron chi connectivity index (χ2n) is 5.01. The molecule has 8 heteroatoms. The van der Waals surface area contributed by atoms with Crippen molar-refractivity contribution in [2.45, 2.75) is 24.7 Å². The van der Waals surface area contributed by atoms with Gasteiger partial charge >= 0.3 is 6.18 Å². The van der Waals surface area contributed by atoms with E-state index in [9.17, 15) is 18.0 Å². The zero-order valence-corrected chi connectivity index (χ0v) is 12.4. The Labute approximate surface area is 131 Å². The normalized spacial score (nSPS) is 21.8. The molecule has 1 aromatic carbocycles. The van der Waals surface area contributed by atoms with Crippen molar-refractivity contribution in [2.75, 3.05) is 19.7 Å². The molecule has 0 spiro atoms. The summed E-state index contributed by atoms with van der Waals surface area (Å²) in [4.78, 5) is 11.4. The molecule has 0 unspecified atom stereocenters. The zero-order valence-electron chi connectivity index (χ0n) is 11.6. The van der Waals surface area contributed by atoms with E-state index in [2.05, 4.69) is 5.32 Å². The average molecular weight is 337 g/mol. The lowest BCUT2D eigenvalue weighted by Gasteiger charge is -2.20. The lowest BCUT2D eigenvalue weighted by molar-refractivity contribution is -0.138. The first kappa shape index (κ1) is 17.1. The summed E-state index contributed by atoms with van der Waals surface area (Å²) in [5.74, 6) is -0.695. The van der Waals surface area contributed by atoms with Crippen LogP contribution in [-0.2, 0) is 9.53 Å². The van der Waals surface area contributed by atoms with Crippen LogP contribution in [0, 0.1) is 0 Å². The van der Waals surface area contributed by atoms with E-state index in [4.69, 9.17) is 16.3 Å². The average Bonchev–Trinajstić information content (AvgIpc) is 2.91. The van der Waals surface area contributed by atoms with Crippen molar-refractivity contribution >= 4 is 17.5 Å². The van der Waals surface area contributed by atoms with Crippen LogP contribution < -0.4 is 10.6 Å². The van der Waals surface area contributed by atoms with Gasteiger partial charge in [0.1, 0.15) is 6.54 Å². The summed E-state index contributed by atoms with van der Waals surface area (Å²) in [5.41, 5.74) is 0.912. The third-order valence-corrected chi connectivity index (χ3v) is 3.55. The fourth-order valence-electron chi connectivity index (χ4n) is 2.26. The van der Waals surface area contributed by atoms with Gasteiger partial charge in [0, 0.05) is 17.7 Å². The van der Waals surface area contributed by atoms with Crippen LogP contribution in [-0.4, -0.2) is 37.8 Å². The SMILES string of the molecule is O=C(CN[C@H]1CCO[C@H]1c1ccc(Cl)cc1)NCC(F)(F)F. The zero-order chi connectivity index (χ0) is 16.2. The monoisotopic (exact) mass is 336 g/mol. The minimum Gasteiger partial charge on any atom is -0.372 e. The maximum absolute atomic E-state index is 12.0. The Balaban J connectivity index is 1.84. The Kier molecular flexibility index (Phi) is 5.66. The van der Waals surface area contributed by atoms with Crippen molar-refractivity contribution in [3.8, 4) is 0 Å². The lowest BCUT2D eigenvalue weighted by Crippen LogP contribution is -2.43. The quantitative estimate of drug-likeness (QED) is 0.868. The number of benzene rings is 1. The number of amides is 1. The Morgan fingerprint density at radius 2 is 2.00 bits per heavy atom. The molecule has 2 atom stereocenters. The van der Waals surface area contributed by atoms with E-state index in [1.807, 2.05) is 17.4 Å². The van der Waals surface area contributed by atoms with Crippen LogP contribution in [0.4, 0.5) is 13.2 Å². The van der Waals surface area contributed by atoms with Crippen LogP contribution >= 0.6 is 11.6 Å². The molecule has 2 rings (SSSR count). The summed E-state index contributed by atoms with van der Waals surface area (Å²) in [6.07, 6.45) is -3.97. The molecule has 1 amide bonds. The minimum absolute atomic E-state index is 0.127. The second kappa shape index (κ2) is 7.30. The topological polar surface area (TPSA) is 50.4 Å². The number of carbonyl (C=O) groups is 1. The van der Waals surface area contributed by atoms with Crippen molar-refractivity contribution in [1.82, 2.24) is 10.6 Å². The number of rotatable bonds is 5. The number of alkyl halides is 3. The van der Waals surface area contributed by atoms with Crippen LogP contribution in [0.2, 0.25) is 5.02 Å². The van der Waals surface area contributed by atoms with Crippen LogP contribution in [0.3, 0.4) is 0 Å². The van der Waals surface area contributed by atoms with Crippen molar-refractivity contribution in [3.05, 3.63) is 34.9 Å². The maximum Gasteiger partial charge on any atom is 0.405 e. The molecular weight excluding hydrogens is 321 g/mol. The summed E-state index contributed by atoms with van der Waals surface area (Å²) < 4.78 is 41.6. The van der Waals surface area contributed by atoms with Crippen molar-refractivity contribution < 1.29 is 22.7 Å². The van der Waals surface area contributed by atoms with Crippen LogP contribution in [0.5, 0.6) is 0 Å². The molecule has 4 nitrogen and oxygen atoms in total. The van der Waals surface area contributed by atoms with E-state index in [0.29, 0.717) is 18.1 Å². The Morgan fingerprint density at radius 1 is 1.32 bits per heavy atom. The number of ether oxygens (including phenoxy) is 1. The van der Waals surface area contributed by atoms with Gasteiger partial charge in [0.05, 0.1) is 12.6 Å². The highest BCUT2D eigenvalue weighted by Gasteiger charge is 2.31. The fourth-order valence-corrected chi connectivity index (χ4v) is 2.39. The van der Waals surface area contributed by atoms with E-state index in [1.54, 1.807) is 12.1 Å². The van der Waals surface area contributed by atoms with E-state index in [0.717, 1.165) is 5.56 Å². The highest BCUT2D eigenvalue weighted by Crippen LogP contribution is 2.29. The van der Waals surface area contributed by atoms with E-state index < -0.39 is 18.6 Å². The highest BCUT2D eigenvalue weighted by molar-refractivity contribution is 6.30. The van der Waals surface area contributed by atoms with Gasteiger partial charge in [-0.2, -0.15) is 13.2 Å². The Hall–Kier alpha value is -1.31. The predicted octanol–water partition coefficient (Wildman–Crippen LogP) is 2.44. The molecule has 1 saturated heterocycles. The van der Waals surface area contributed by atoms with Gasteiger partial charge in [-0.05, 0) is 24.1 Å². The first-order chi connectivity index (χ1) is 10.3. The summed E-state index contributed by atoms with van der Waals surface area (Å²) in [6.45, 7) is -0.987. The lowest BCUT2D eigenvalue weighted by atomic mass is 10.0. The third-order valence-electron chi connectivity index (χ3n) is 3.30. The standard InChI is InChI=1S/C14H16ClF3N2O2/c15-10-3-1-9(2-4-10)13-11(5-6-22-13)19-7-12(21)20-8-14(16,17)18/h1-4,11,13,19H,5-8H2,(H,20,21)/t11-,13-/m0/s1. The molecule has 0 bridgehead atoms. The molecule has 2 N–H and O–H groups in total. The Morgan fingerprint density at radius 3 is 2.64 bits per heavy atom. The molecule has 1 fully saturated rings. The van der Waals surface area contributed by atoms with Gasteiger partial charge in [-0.3, -0.25) is 4.79 Å². The van der Waals surface area contributed by atoms with Gasteiger partial charge in [0.2, 0.25) is 5.91 Å². The van der Waals surface area contributed by atoms with Crippen molar-refractivity contribution in [3.63, 3.8) is 0 Å². The fraction of sp³-hybridized carbons (Fsp3) is 0.500. The molecule has 122 valence electrons. The number of hydrogen-bond acceptors (Lipinski definition) is 3.